The van der Waals surface area contributed by atoms with E-state index in [-0.39, 0.29) is 40.6 Å². The third kappa shape index (κ3) is 5.41. The number of hydrogen-bond donors (Lipinski definition) is 4. The van der Waals surface area contributed by atoms with Gasteiger partial charge in [0.15, 0.2) is 23.5 Å². The van der Waals surface area contributed by atoms with Gasteiger partial charge in [0.1, 0.15) is 40.9 Å². The summed E-state index contributed by atoms with van der Waals surface area (Å²) in [6.07, 6.45) is 0.0562. The Morgan fingerprint density at radius 1 is 1.18 bits per heavy atom. The van der Waals surface area contributed by atoms with Gasteiger partial charge in [-0.15, -0.1) is 0 Å². The number of rotatable bonds is 11. The van der Waals surface area contributed by atoms with E-state index in [0.717, 1.165) is 0 Å². The lowest BCUT2D eigenvalue weighted by atomic mass is 9.98. The van der Waals surface area contributed by atoms with Crippen LogP contribution in [-0.4, -0.2) is 59.4 Å². The number of phenols is 1. The molecule has 1 atom stereocenters. The maximum atomic E-state index is 12.8. The molecule has 0 amide bonds. The summed E-state index contributed by atoms with van der Waals surface area (Å²) < 4.78 is 22.2. The summed E-state index contributed by atoms with van der Waals surface area (Å²) >= 11 is 0. The number of fused-ring (bicyclic) bond motifs is 1. The summed E-state index contributed by atoms with van der Waals surface area (Å²) in [5.41, 5.74) is 0.654. The van der Waals surface area contributed by atoms with E-state index in [1.54, 1.807) is 12.1 Å². The number of phenolic OH excluding ortho intramolecular Hbond substituents is 1. The monoisotopic (exact) mass is 474 g/mol. The van der Waals surface area contributed by atoms with E-state index >= 15 is 0 Å². The Balaban J connectivity index is 2.16. The lowest BCUT2D eigenvalue weighted by molar-refractivity contribution is -0.139. The number of carboxylic acid groups (broad SMARTS) is 1. The lowest BCUT2D eigenvalue weighted by Gasteiger charge is -2.17. The van der Waals surface area contributed by atoms with Gasteiger partial charge in [-0.2, -0.15) is 0 Å². The van der Waals surface area contributed by atoms with Crippen LogP contribution in [0, 0.1) is 0 Å². The minimum absolute atomic E-state index is 0.0438. The van der Waals surface area contributed by atoms with Crippen molar-refractivity contribution in [1.29, 1.82) is 0 Å². The van der Waals surface area contributed by atoms with Gasteiger partial charge in [0, 0.05) is 29.3 Å². The van der Waals surface area contributed by atoms with Gasteiger partial charge in [-0.1, -0.05) is 13.3 Å². The fraction of sp³-hybridized carbons (Fsp3) is 0.333. The molecule has 2 aromatic carbocycles. The molecule has 0 saturated carbocycles. The van der Waals surface area contributed by atoms with Gasteiger partial charge < -0.3 is 39.1 Å². The fourth-order valence-corrected chi connectivity index (χ4v) is 3.49. The predicted molar refractivity (Wildman–Crippen MR) is 122 cm³/mol. The van der Waals surface area contributed by atoms with Crippen molar-refractivity contribution in [2.75, 3.05) is 26.9 Å². The van der Waals surface area contributed by atoms with E-state index in [1.165, 1.54) is 25.3 Å². The van der Waals surface area contributed by atoms with Crippen LogP contribution in [0.3, 0.4) is 0 Å². The second-order valence-corrected chi connectivity index (χ2v) is 7.49. The van der Waals surface area contributed by atoms with Crippen molar-refractivity contribution in [2.45, 2.75) is 25.9 Å². The average molecular weight is 474 g/mol. The molecule has 0 radical (unpaired) electrons. The highest BCUT2D eigenvalue weighted by atomic mass is 16.5. The predicted octanol–water partition coefficient (Wildman–Crippen LogP) is 2.32. The summed E-state index contributed by atoms with van der Waals surface area (Å²) in [4.78, 5) is 23.9. The first-order valence-corrected chi connectivity index (χ1v) is 10.6. The maximum Gasteiger partial charge on any atom is 0.341 e. The normalized spacial score (nSPS) is 11.9. The maximum absolute atomic E-state index is 12.8. The molecule has 1 aromatic heterocycles. The highest BCUT2D eigenvalue weighted by molar-refractivity contribution is 5.86. The average Bonchev–Trinajstić information content (AvgIpc) is 2.80. The van der Waals surface area contributed by atoms with Crippen LogP contribution in [0.2, 0.25) is 0 Å². The molecule has 0 aliphatic heterocycles. The Kier molecular flexibility index (Phi) is 7.98. The molecule has 4 N–H and O–H groups in total. The number of benzene rings is 2. The molecular weight excluding hydrogens is 448 g/mol. The standard InChI is InChI=1S/C24H26O10/c1-3-4-16-15(5-6-19(31-2)24(16)33-12-22(29)30)20-9-18(28)23-17(27)7-14(8-21(23)34-20)32-11-13(26)10-25/h5-9,13,25-27H,3-4,10-12H2,1-2H3,(H,29,30). The number of carbonyl (C=O) groups is 1. The van der Waals surface area contributed by atoms with Crippen LogP contribution >= 0.6 is 0 Å². The zero-order valence-electron chi connectivity index (χ0n) is 18.7. The van der Waals surface area contributed by atoms with Gasteiger partial charge in [0.05, 0.1) is 13.7 Å². The minimum atomic E-state index is -1.15. The highest BCUT2D eigenvalue weighted by Crippen LogP contribution is 2.40. The van der Waals surface area contributed by atoms with Gasteiger partial charge in [0.2, 0.25) is 0 Å². The van der Waals surface area contributed by atoms with E-state index < -0.39 is 30.7 Å². The summed E-state index contributed by atoms with van der Waals surface area (Å²) in [6.45, 7) is 0.632. The molecular formula is C24H26O10. The zero-order valence-corrected chi connectivity index (χ0v) is 18.7. The SMILES string of the molecule is CCCc1c(-c2cc(=O)c3c(O)cc(OCC(O)CO)cc3o2)ccc(OC)c1OCC(=O)O. The van der Waals surface area contributed by atoms with Crippen molar-refractivity contribution < 1.29 is 43.8 Å². The van der Waals surface area contributed by atoms with Crippen LogP contribution in [0.5, 0.6) is 23.0 Å². The number of hydrogen-bond acceptors (Lipinski definition) is 9. The number of aliphatic hydroxyl groups is 2. The first kappa shape index (κ1) is 24.9. The molecule has 34 heavy (non-hydrogen) atoms. The van der Waals surface area contributed by atoms with Crippen LogP contribution in [0.15, 0.2) is 39.5 Å². The molecule has 10 nitrogen and oxygen atoms in total. The van der Waals surface area contributed by atoms with Gasteiger partial charge in [-0.3, -0.25) is 4.79 Å². The third-order valence-corrected chi connectivity index (χ3v) is 4.99. The van der Waals surface area contributed by atoms with Gasteiger partial charge in [0.25, 0.3) is 0 Å². The molecule has 0 aliphatic rings. The smallest absolute Gasteiger partial charge is 0.341 e. The number of methoxy groups -OCH3 is 1. The Hall–Kier alpha value is -3.76. The van der Waals surface area contributed by atoms with E-state index in [2.05, 4.69) is 0 Å². The van der Waals surface area contributed by atoms with Gasteiger partial charge in [-0.25, -0.2) is 4.79 Å². The molecule has 0 saturated heterocycles. The number of aromatic hydroxyl groups is 1. The first-order chi connectivity index (χ1) is 16.3. The van der Waals surface area contributed by atoms with Gasteiger partial charge in [-0.05, 0) is 18.6 Å². The second-order valence-electron chi connectivity index (χ2n) is 7.49. The number of ether oxygens (including phenoxy) is 3. The molecule has 0 aliphatic carbocycles. The Bertz CT molecular complexity index is 1230. The fourth-order valence-electron chi connectivity index (χ4n) is 3.49. The quantitative estimate of drug-likeness (QED) is 0.325. The van der Waals surface area contributed by atoms with Crippen molar-refractivity contribution in [3.05, 3.63) is 46.1 Å². The largest absolute Gasteiger partial charge is 0.507 e. The summed E-state index contributed by atoms with van der Waals surface area (Å²) in [6, 6.07) is 7.12. The van der Waals surface area contributed by atoms with E-state index in [4.69, 9.17) is 28.8 Å². The van der Waals surface area contributed by atoms with Crippen molar-refractivity contribution >= 4 is 16.9 Å². The minimum Gasteiger partial charge on any atom is -0.507 e. The van der Waals surface area contributed by atoms with Crippen LogP contribution in [0.1, 0.15) is 18.9 Å². The summed E-state index contributed by atoms with van der Waals surface area (Å²) in [7, 11) is 1.44. The van der Waals surface area contributed by atoms with Crippen LogP contribution < -0.4 is 19.6 Å². The number of aliphatic hydroxyl groups excluding tert-OH is 2. The Morgan fingerprint density at radius 2 is 1.94 bits per heavy atom. The Morgan fingerprint density at radius 3 is 2.59 bits per heavy atom. The third-order valence-electron chi connectivity index (χ3n) is 4.99. The molecule has 0 fully saturated rings. The van der Waals surface area contributed by atoms with E-state index in [9.17, 15) is 19.8 Å². The molecule has 1 unspecified atom stereocenters. The molecule has 10 heteroatoms. The van der Waals surface area contributed by atoms with E-state index in [0.29, 0.717) is 29.7 Å². The number of aliphatic carboxylic acids is 1. The molecule has 182 valence electrons. The molecule has 1 heterocycles. The molecule has 0 spiro atoms. The zero-order chi connectivity index (χ0) is 24.8. The second kappa shape index (κ2) is 10.9. The van der Waals surface area contributed by atoms with Crippen molar-refractivity contribution in [1.82, 2.24) is 0 Å². The van der Waals surface area contributed by atoms with E-state index in [1.807, 2.05) is 6.92 Å². The van der Waals surface area contributed by atoms with Crippen molar-refractivity contribution in [3.63, 3.8) is 0 Å². The van der Waals surface area contributed by atoms with Crippen LogP contribution in [-0.2, 0) is 11.2 Å². The Labute approximate surface area is 194 Å². The molecule has 3 rings (SSSR count). The van der Waals surface area contributed by atoms with Crippen molar-refractivity contribution in [2.24, 2.45) is 0 Å². The highest BCUT2D eigenvalue weighted by Gasteiger charge is 2.21. The van der Waals surface area contributed by atoms with Gasteiger partial charge >= 0.3 is 5.97 Å². The topological polar surface area (TPSA) is 156 Å². The summed E-state index contributed by atoms with van der Waals surface area (Å²) in [5, 5.41) is 37.8. The first-order valence-electron chi connectivity index (χ1n) is 10.6. The van der Waals surface area contributed by atoms with Crippen LogP contribution in [0.25, 0.3) is 22.3 Å². The summed E-state index contributed by atoms with van der Waals surface area (Å²) in [5.74, 6) is -0.624. The lowest BCUT2D eigenvalue weighted by Crippen LogP contribution is -2.21. The van der Waals surface area contributed by atoms with Crippen molar-refractivity contribution in [3.8, 4) is 34.3 Å². The molecule has 0 bridgehead atoms. The number of carboxylic acids is 1. The molecule has 3 aromatic rings. The van der Waals surface area contributed by atoms with Crippen LogP contribution in [0.4, 0.5) is 0 Å².